The molecular formula is C17H19FN4O2. The monoisotopic (exact) mass is 330 g/mol. The lowest BCUT2D eigenvalue weighted by Crippen LogP contribution is -2.49. The van der Waals surface area contributed by atoms with Crippen LogP contribution in [0.5, 0.6) is 0 Å². The van der Waals surface area contributed by atoms with Crippen molar-refractivity contribution in [3.8, 4) is 0 Å². The molecule has 0 atom stereocenters. The minimum absolute atomic E-state index is 0.136. The third-order valence-electron chi connectivity index (χ3n) is 4.16. The van der Waals surface area contributed by atoms with Gasteiger partial charge in [0.2, 0.25) is 0 Å². The van der Waals surface area contributed by atoms with Gasteiger partial charge < -0.3 is 14.9 Å². The van der Waals surface area contributed by atoms with Crippen molar-refractivity contribution in [3.63, 3.8) is 0 Å². The number of aryl methyl sites for hydroxylation is 1. The summed E-state index contributed by atoms with van der Waals surface area (Å²) >= 11 is 0. The van der Waals surface area contributed by atoms with E-state index in [-0.39, 0.29) is 18.3 Å². The van der Waals surface area contributed by atoms with Gasteiger partial charge in [-0.25, -0.2) is 9.37 Å². The van der Waals surface area contributed by atoms with E-state index in [0.29, 0.717) is 43.0 Å². The second-order valence-electron chi connectivity index (χ2n) is 5.77. The average Bonchev–Trinajstić information content (AvgIpc) is 2.63. The lowest BCUT2D eigenvalue weighted by atomic mass is 10.1. The summed E-state index contributed by atoms with van der Waals surface area (Å²) in [4.78, 5) is 24.6. The number of benzene rings is 1. The Kier molecular flexibility index (Phi) is 4.71. The molecule has 1 saturated heterocycles. The fraction of sp³-hybridized carbons (Fsp3) is 0.353. The summed E-state index contributed by atoms with van der Waals surface area (Å²) in [5.41, 5.74) is 1.42. The minimum Gasteiger partial charge on any atom is -0.390 e. The standard InChI is InChI=1S/C17H19FN4O2/c1-12-2-3-13(8-15(12)18)17(24)22-6-4-21(5-7-22)16-10-19-14(11-23)9-20-16/h2-3,8-10,23H,4-7,11H2,1H3. The molecule has 2 heterocycles. The Bertz CT molecular complexity index is 728. The van der Waals surface area contributed by atoms with Crippen LogP contribution in [0.2, 0.25) is 0 Å². The molecule has 0 aliphatic carbocycles. The minimum atomic E-state index is -0.362. The topological polar surface area (TPSA) is 69.6 Å². The van der Waals surface area contributed by atoms with E-state index in [0.717, 1.165) is 5.82 Å². The Labute approximate surface area is 139 Å². The van der Waals surface area contributed by atoms with Crippen LogP contribution >= 0.6 is 0 Å². The van der Waals surface area contributed by atoms with E-state index in [1.165, 1.54) is 6.07 Å². The number of rotatable bonds is 3. The van der Waals surface area contributed by atoms with Crippen LogP contribution in [0.3, 0.4) is 0 Å². The van der Waals surface area contributed by atoms with Gasteiger partial charge in [0.15, 0.2) is 0 Å². The molecule has 0 bridgehead atoms. The molecule has 126 valence electrons. The third-order valence-corrected chi connectivity index (χ3v) is 4.16. The quantitative estimate of drug-likeness (QED) is 0.921. The Morgan fingerprint density at radius 1 is 1.21 bits per heavy atom. The normalized spacial score (nSPS) is 14.8. The SMILES string of the molecule is Cc1ccc(C(=O)N2CCN(c3cnc(CO)cn3)CC2)cc1F. The van der Waals surface area contributed by atoms with Gasteiger partial charge in [-0.1, -0.05) is 6.07 Å². The van der Waals surface area contributed by atoms with E-state index in [1.807, 2.05) is 4.90 Å². The van der Waals surface area contributed by atoms with Crippen LogP contribution in [0.1, 0.15) is 21.6 Å². The first kappa shape index (κ1) is 16.3. The zero-order chi connectivity index (χ0) is 17.1. The molecular weight excluding hydrogens is 311 g/mol. The molecule has 1 aromatic carbocycles. The van der Waals surface area contributed by atoms with E-state index in [9.17, 15) is 9.18 Å². The lowest BCUT2D eigenvalue weighted by Gasteiger charge is -2.35. The molecule has 0 spiro atoms. The molecule has 2 aromatic rings. The summed E-state index contributed by atoms with van der Waals surface area (Å²) in [6, 6.07) is 4.58. The Balaban J connectivity index is 1.63. The summed E-state index contributed by atoms with van der Waals surface area (Å²) in [6.45, 7) is 3.88. The number of hydrogen-bond donors (Lipinski definition) is 1. The maximum Gasteiger partial charge on any atom is 0.254 e. The predicted molar refractivity (Wildman–Crippen MR) is 87.2 cm³/mol. The second-order valence-corrected chi connectivity index (χ2v) is 5.77. The molecule has 1 N–H and O–H groups in total. The van der Waals surface area contributed by atoms with Gasteiger partial charge in [-0.15, -0.1) is 0 Å². The van der Waals surface area contributed by atoms with Crippen molar-refractivity contribution in [3.05, 3.63) is 53.2 Å². The van der Waals surface area contributed by atoms with Gasteiger partial charge in [0.25, 0.3) is 5.91 Å². The van der Waals surface area contributed by atoms with Crippen LogP contribution in [0.25, 0.3) is 0 Å². The molecule has 24 heavy (non-hydrogen) atoms. The van der Waals surface area contributed by atoms with E-state index < -0.39 is 0 Å². The number of carbonyl (C=O) groups excluding carboxylic acids is 1. The number of amides is 1. The molecule has 1 aliphatic heterocycles. The molecule has 3 rings (SSSR count). The van der Waals surface area contributed by atoms with Crippen molar-refractivity contribution in [2.75, 3.05) is 31.1 Å². The van der Waals surface area contributed by atoms with E-state index >= 15 is 0 Å². The molecule has 0 radical (unpaired) electrons. The number of aliphatic hydroxyl groups excluding tert-OH is 1. The van der Waals surface area contributed by atoms with Gasteiger partial charge in [0, 0.05) is 31.7 Å². The summed E-state index contributed by atoms with van der Waals surface area (Å²) in [5, 5.41) is 8.99. The predicted octanol–water partition coefficient (Wildman–Crippen LogP) is 1.38. The van der Waals surface area contributed by atoms with Crippen molar-refractivity contribution in [1.82, 2.24) is 14.9 Å². The van der Waals surface area contributed by atoms with Crippen LogP contribution in [0, 0.1) is 12.7 Å². The summed E-state index contributed by atoms with van der Waals surface area (Å²) < 4.78 is 13.6. The fourth-order valence-corrected chi connectivity index (χ4v) is 2.64. The van der Waals surface area contributed by atoms with Gasteiger partial charge >= 0.3 is 0 Å². The van der Waals surface area contributed by atoms with Crippen molar-refractivity contribution in [1.29, 1.82) is 0 Å². The average molecular weight is 330 g/mol. The van der Waals surface area contributed by atoms with E-state index in [2.05, 4.69) is 9.97 Å². The molecule has 1 aliphatic rings. The second kappa shape index (κ2) is 6.92. The molecule has 6 nitrogen and oxygen atoms in total. The summed E-state index contributed by atoms with van der Waals surface area (Å²) in [6.07, 6.45) is 3.17. The molecule has 1 fully saturated rings. The number of halogens is 1. The lowest BCUT2D eigenvalue weighted by molar-refractivity contribution is 0.0746. The van der Waals surface area contributed by atoms with Crippen LogP contribution in [-0.4, -0.2) is 52.1 Å². The van der Waals surface area contributed by atoms with Gasteiger partial charge in [-0.2, -0.15) is 0 Å². The summed E-state index contributed by atoms with van der Waals surface area (Å²) in [5.74, 6) is 0.203. The highest BCUT2D eigenvalue weighted by Gasteiger charge is 2.23. The van der Waals surface area contributed by atoms with Crippen molar-refractivity contribution in [2.45, 2.75) is 13.5 Å². The van der Waals surface area contributed by atoms with Gasteiger partial charge in [0.1, 0.15) is 11.6 Å². The van der Waals surface area contributed by atoms with Gasteiger partial charge in [-0.3, -0.25) is 9.78 Å². The van der Waals surface area contributed by atoms with Crippen LogP contribution in [-0.2, 0) is 6.61 Å². The van der Waals surface area contributed by atoms with E-state index in [4.69, 9.17) is 5.11 Å². The number of hydrogen-bond acceptors (Lipinski definition) is 5. The third kappa shape index (κ3) is 3.35. The van der Waals surface area contributed by atoms with Crippen LogP contribution < -0.4 is 4.90 Å². The van der Waals surface area contributed by atoms with E-state index in [1.54, 1.807) is 36.4 Å². The highest BCUT2D eigenvalue weighted by atomic mass is 19.1. The maximum absolute atomic E-state index is 13.6. The largest absolute Gasteiger partial charge is 0.390 e. The number of nitrogens with zero attached hydrogens (tertiary/aromatic N) is 4. The van der Waals surface area contributed by atoms with Crippen LogP contribution in [0.15, 0.2) is 30.6 Å². The maximum atomic E-state index is 13.6. The number of aromatic nitrogens is 2. The highest BCUT2D eigenvalue weighted by molar-refractivity contribution is 5.94. The first-order valence-electron chi connectivity index (χ1n) is 7.80. The van der Waals surface area contributed by atoms with Gasteiger partial charge in [0.05, 0.1) is 24.7 Å². The van der Waals surface area contributed by atoms with Gasteiger partial charge in [-0.05, 0) is 24.6 Å². The highest BCUT2D eigenvalue weighted by Crippen LogP contribution is 2.16. The first-order valence-corrected chi connectivity index (χ1v) is 7.80. The Morgan fingerprint density at radius 3 is 2.54 bits per heavy atom. The number of piperazine rings is 1. The Hall–Kier alpha value is -2.54. The van der Waals surface area contributed by atoms with Crippen molar-refractivity contribution >= 4 is 11.7 Å². The number of anilines is 1. The van der Waals surface area contributed by atoms with Crippen LogP contribution in [0.4, 0.5) is 10.2 Å². The Morgan fingerprint density at radius 2 is 1.96 bits per heavy atom. The van der Waals surface area contributed by atoms with Crippen molar-refractivity contribution < 1.29 is 14.3 Å². The first-order chi connectivity index (χ1) is 11.6. The molecule has 1 amide bonds. The molecule has 1 aromatic heterocycles. The number of carbonyl (C=O) groups is 1. The number of aliphatic hydroxyl groups is 1. The molecule has 0 saturated carbocycles. The molecule has 0 unspecified atom stereocenters. The molecule has 7 heteroatoms. The van der Waals surface area contributed by atoms with Crippen molar-refractivity contribution in [2.24, 2.45) is 0 Å². The fourth-order valence-electron chi connectivity index (χ4n) is 2.64. The summed E-state index contributed by atoms with van der Waals surface area (Å²) in [7, 11) is 0. The zero-order valence-electron chi connectivity index (χ0n) is 13.4. The smallest absolute Gasteiger partial charge is 0.254 e. The zero-order valence-corrected chi connectivity index (χ0v) is 13.4.